The average Bonchev–Trinajstić information content (AvgIpc) is 2.70. The van der Waals surface area contributed by atoms with E-state index in [9.17, 15) is 17.6 Å². The lowest BCUT2D eigenvalue weighted by Gasteiger charge is -2.23. The quantitative estimate of drug-likeness (QED) is 0.845. The molecule has 114 valence electrons. The van der Waals surface area contributed by atoms with Gasteiger partial charge in [0.15, 0.2) is 15.2 Å². The third kappa shape index (κ3) is 2.60. The van der Waals surface area contributed by atoms with Crippen molar-refractivity contribution in [2.45, 2.75) is 5.37 Å². The average molecular weight is 340 g/mol. The highest BCUT2D eigenvalue weighted by atomic mass is 35.5. The van der Waals surface area contributed by atoms with Crippen LogP contribution in [0.5, 0.6) is 0 Å². The van der Waals surface area contributed by atoms with Crippen LogP contribution in [0.4, 0.5) is 10.1 Å². The Hall–Kier alpha value is -1.92. The van der Waals surface area contributed by atoms with E-state index in [1.165, 1.54) is 29.2 Å². The van der Waals surface area contributed by atoms with E-state index < -0.39 is 32.7 Å². The van der Waals surface area contributed by atoms with Gasteiger partial charge in [0.05, 0.1) is 0 Å². The van der Waals surface area contributed by atoms with Gasteiger partial charge in [-0.3, -0.25) is 9.69 Å². The van der Waals surface area contributed by atoms with E-state index in [1.54, 1.807) is 24.3 Å². The number of carbonyl (C=O) groups is 1. The maximum absolute atomic E-state index is 13.1. The van der Waals surface area contributed by atoms with E-state index >= 15 is 0 Å². The van der Waals surface area contributed by atoms with Crippen LogP contribution in [0.1, 0.15) is 10.9 Å². The van der Waals surface area contributed by atoms with Crippen molar-refractivity contribution in [3.8, 4) is 0 Å². The van der Waals surface area contributed by atoms with Crippen molar-refractivity contribution >= 4 is 33.0 Å². The lowest BCUT2D eigenvalue weighted by atomic mass is 10.2. The molecule has 0 aliphatic carbocycles. The van der Waals surface area contributed by atoms with Gasteiger partial charge in [0.1, 0.15) is 11.6 Å². The number of amides is 1. The molecule has 1 heterocycles. The van der Waals surface area contributed by atoms with E-state index in [1.807, 2.05) is 0 Å². The Bertz CT molecular complexity index is 819. The molecule has 1 aliphatic rings. The number of carbonyl (C=O) groups excluding carboxylic acids is 1. The zero-order valence-electron chi connectivity index (χ0n) is 11.2. The maximum atomic E-state index is 13.1. The molecule has 1 aliphatic heterocycles. The first kappa shape index (κ1) is 15.0. The molecule has 1 atom stereocenters. The Morgan fingerprint density at radius 3 is 2.23 bits per heavy atom. The second kappa shape index (κ2) is 5.37. The van der Waals surface area contributed by atoms with E-state index in [-0.39, 0.29) is 0 Å². The molecular formula is C15H11ClFNO3S. The fraction of sp³-hybridized carbons (Fsp3) is 0.133. The summed E-state index contributed by atoms with van der Waals surface area (Å²) < 4.78 is 37.7. The van der Waals surface area contributed by atoms with Crippen LogP contribution in [-0.2, 0) is 14.6 Å². The molecule has 0 saturated carbocycles. The van der Waals surface area contributed by atoms with Crippen molar-refractivity contribution in [2.24, 2.45) is 0 Å². The van der Waals surface area contributed by atoms with Gasteiger partial charge in [0, 0.05) is 10.7 Å². The summed E-state index contributed by atoms with van der Waals surface area (Å²) in [6.07, 6.45) is 0. The first-order valence-electron chi connectivity index (χ1n) is 6.43. The van der Waals surface area contributed by atoms with Crippen molar-refractivity contribution in [1.29, 1.82) is 0 Å². The molecule has 1 unspecified atom stereocenters. The molecule has 3 rings (SSSR count). The number of hydrogen-bond donors (Lipinski definition) is 0. The minimum atomic E-state index is -3.69. The molecule has 1 fully saturated rings. The summed E-state index contributed by atoms with van der Waals surface area (Å²) in [5.41, 5.74) is 0.784. The van der Waals surface area contributed by atoms with E-state index in [0.29, 0.717) is 16.3 Å². The summed E-state index contributed by atoms with van der Waals surface area (Å²) in [6.45, 7) is 0. The number of anilines is 1. The molecule has 1 saturated heterocycles. The largest absolute Gasteiger partial charge is 0.290 e. The molecule has 2 aromatic carbocycles. The van der Waals surface area contributed by atoms with Crippen LogP contribution < -0.4 is 4.90 Å². The lowest BCUT2D eigenvalue weighted by Crippen LogP contribution is -2.29. The van der Waals surface area contributed by atoms with Crippen LogP contribution in [0, 0.1) is 5.82 Å². The molecule has 1 amide bonds. The highest BCUT2D eigenvalue weighted by Gasteiger charge is 2.45. The number of halogens is 2. The monoisotopic (exact) mass is 339 g/mol. The Morgan fingerprint density at radius 2 is 1.64 bits per heavy atom. The standard InChI is InChI=1S/C15H11ClFNO3S/c16-11-3-7-13(8-4-11)18-14(19)9-22(20,21)15(18)10-1-5-12(17)6-2-10/h1-8,15H,9H2. The molecular weight excluding hydrogens is 329 g/mol. The van der Waals surface area contributed by atoms with Crippen LogP contribution in [0.15, 0.2) is 48.5 Å². The summed E-state index contributed by atoms with van der Waals surface area (Å²) in [7, 11) is -3.69. The fourth-order valence-corrected chi connectivity index (χ4v) is 4.38. The van der Waals surface area contributed by atoms with Gasteiger partial charge in [-0.2, -0.15) is 0 Å². The summed E-state index contributed by atoms with van der Waals surface area (Å²) in [5.74, 6) is -1.56. The van der Waals surface area contributed by atoms with E-state index in [0.717, 1.165) is 0 Å². The minimum absolute atomic E-state index is 0.349. The van der Waals surface area contributed by atoms with E-state index in [4.69, 9.17) is 11.6 Å². The Kier molecular flexibility index (Phi) is 3.66. The van der Waals surface area contributed by atoms with Crippen molar-refractivity contribution in [1.82, 2.24) is 0 Å². The van der Waals surface area contributed by atoms with Crippen LogP contribution in [0.25, 0.3) is 0 Å². The van der Waals surface area contributed by atoms with Gasteiger partial charge in [0.25, 0.3) is 0 Å². The molecule has 22 heavy (non-hydrogen) atoms. The molecule has 7 heteroatoms. The number of sulfone groups is 1. The topological polar surface area (TPSA) is 54.5 Å². The zero-order chi connectivity index (χ0) is 15.9. The number of benzene rings is 2. The lowest BCUT2D eigenvalue weighted by molar-refractivity contribution is -0.115. The predicted octanol–water partition coefficient (Wildman–Crippen LogP) is 2.94. The molecule has 0 spiro atoms. The number of nitrogens with zero attached hydrogens (tertiary/aromatic N) is 1. The van der Waals surface area contributed by atoms with Crippen LogP contribution >= 0.6 is 11.6 Å². The number of rotatable bonds is 2. The zero-order valence-corrected chi connectivity index (χ0v) is 12.8. The Balaban J connectivity index is 2.12. The van der Waals surface area contributed by atoms with Gasteiger partial charge in [-0.25, -0.2) is 12.8 Å². The second-order valence-corrected chi connectivity index (χ2v) is 7.45. The SMILES string of the molecule is O=C1CS(=O)(=O)C(c2ccc(F)cc2)N1c1ccc(Cl)cc1. The van der Waals surface area contributed by atoms with Gasteiger partial charge in [-0.15, -0.1) is 0 Å². The maximum Gasteiger partial charge on any atom is 0.243 e. The summed E-state index contributed by atoms with van der Waals surface area (Å²) in [6, 6.07) is 11.4. The predicted molar refractivity (Wildman–Crippen MR) is 81.9 cm³/mol. The van der Waals surface area contributed by atoms with Crippen molar-refractivity contribution < 1.29 is 17.6 Å². The van der Waals surface area contributed by atoms with Gasteiger partial charge in [-0.05, 0) is 42.0 Å². The van der Waals surface area contributed by atoms with Crippen molar-refractivity contribution in [2.75, 3.05) is 10.7 Å². The third-order valence-electron chi connectivity index (χ3n) is 3.43. The van der Waals surface area contributed by atoms with Crippen molar-refractivity contribution in [3.63, 3.8) is 0 Å². The third-order valence-corrected chi connectivity index (χ3v) is 5.49. The van der Waals surface area contributed by atoms with Gasteiger partial charge in [0.2, 0.25) is 5.91 Å². The normalized spacial score (nSPS) is 20.4. The molecule has 0 N–H and O–H groups in total. The Morgan fingerprint density at radius 1 is 1.05 bits per heavy atom. The van der Waals surface area contributed by atoms with Crippen LogP contribution in [0.3, 0.4) is 0 Å². The van der Waals surface area contributed by atoms with Gasteiger partial charge < -0.3 is 0 Å². The van der Waals surface area contributed by atoms with Crippen LogP contribution in [-0.4, -0.2) is 20.1 Å². The fourth-order valence-electron chi connectivity index (χ4n) is 2.48. The molecule has 0 bridgehead atoms. The molecule has 0 aromatic heterocycles. The molecule has 4 nitrogen and oxygen atoms in total. The summed E-state index contributed by atoms with van der Waals surface area (Å²) in [4.78, 5) is 13.4. The molecule has 2 aromatic rings. The first-order chi connectivity index (χ1) is 10.4. The summed E-state index contributed by atoms with van der Waals surface area (Å²) in [5, 5.41) is -0.668. The van der Waals surface area contributed by atoms with Crippen molar-refractivity contribution in [3.05, 3.63) is 64.9 Å². The molecule has 0 radical (unpaired) electrons. The second-order valence-electron chi connectivity index (χ2n) is 4.95. The van der Waals surface area contributed by atoms with Crippen LogP contribution in [0.2, 0.25) is 5.02 Å². The summed E-state index contributed by atoms with van der Waals surface area (Å²) >= 11 is 5.82. The first-order valence-corrected chi connectivity index (χ1v) is 8.52. The Labute approximate surface area is 132 Å². The van der Waals surface area contributed by atoms with E-state index in [2.05, 4.69) is 0 Å². The minimum Gasteiger partial charge on any atom is -0.290 e. The van der Waals surface area contributed by atoms with Gasteiger partial charge in [-0.1, -0.05) is 23.7 Å². The van der Waals surface area contributed by atoms with Gasteiger partial charge >= 0.3 is 0 Å². The highest BCUT2D eigenvalue weighted by Crippen LogP contribution is 2.37. The smallest absolute Gasteiger partial charge is 0.243 e. The number of hydrogen-bond acceptors (Lipinski definition) is 3. The highest BCUT2D eigenvalue weighted by molar-refractivity contribution is 7.93.